The summed E-state index contributed by atoms with van der Waals surface area (Å²) in [7, 11) is -3.38. The molecular formula is C16H25N3O3S2. The van der Waals surface area contributed by atoms with Gasteiger partial charge in [0.1, 0.15) is 4.21 Å². The lowest BCUT2D eigenvalue weighted by Gasteiger charge is -2.30. The van der Waals surface area contributed by atoms with Crippen molar-refractivity contribution >= 4 is 27.3 Å². The van der Waals surface area contributed by atoms with Crippen molar-refractivity contribution < 1.29 is 13.2 Å². The molecule has 6 nitrogen and oxygen atoms in total. The Morgan fingerprint density at radius 3 is 2.79 bits per heavy atom. The number of rotatable bonds is 5. The van der Waals surface area contributed by atoms with Crippen LogP contribution in [0.2, 0.25) is 0 Å². The lowest BCUT2D eigenvalue weighted by atomic mass is 10.00. The molecule has 2 aliphatic rings. The van der Waals surface area contributed by atoms with E-state index in [4.69, 9.17) is 0 Å². The van der Waals surface area contributed by atoms with Crippen LogP contribution in [0.25, 0.3) is 0 Å². The fraction of sp³-hybridized carbons (Fsp3) is 0.688. The topological polar surface area (TPSA) is 78.5 Å². The van der Waals surface area contributed by atoms with E-state index in [1.54, 1.807) is 12.1 Å². The van der Waals surface area contributed by atoms with Gasteiger partial charge in [-0.3, -0.25) is 4.79 Å². The van der Waals surface area contributed by atoms with Gasteiger partial charge in [-0.1, -0.05) is 0 Å². The third-order valence-corrected chi connectivity index (χ3v) is 8.19. The number of carbonyl (C=O) groups is 1. The Balaban J connectivity index is 1.60. The molecule has 2 fully saturated rings. The molecule has 0 spiro atoms. The molecule has 2 unspecified atom stereocenters. The molecule has 1 aromatic rings. The number of hydrogen-bond acceptors (Lipinski definition) is 5. The van der Waals surface area contributed by atoms with E-state index in [-0.39, 0.29) is 24.4 Å². The lowest BCUT2D eigenvalue weighted by Crippen LogP contribution is -2.52. The molecule has 8 heteroatoms. The molecule has 2 atom stereocenters. The van der Waals surface area contributed by atoms with Crippen LogP contribution >= 0.6 is 11.3 Å². The van der Waals surface area contributed by atoms with E-state index in [1.165, 1.54) is 15.6 Å². The molecule has 2 saturated heterocycles. The minimum absolute atomic E-state index is 0.0393. The van der Waals surface area contributed by atoms with E-state index < -0.39 is 10.0 Å². The molecule has 2 N–H and O–H groups in total. The van der Waals surface area contributed by atoms with Crippen LogP contribution in [0.1, 0.15) is 37.5 Å². The maximum absolute atomic E-state index is 12.5. The lowest BCUT2D eigenvalue weighted by molar-refractivity contribution is -0.121. The van der Waals surface area contributed by atoms with Crippen molar-refractivity contribution in [3.63, 3.8) is 0 Å². The molecule has 0 aromatic carbocycles. The van der Waals surface area contributed by atoms with Crippen molar-refractivity contribution in [2.24, 2.45) is 0 Å². The molecule has 1 amide bonds. The first kappa shape index (κ1) is 17.8. The molecule has 0 aliphatic carbocycles. The molecule has 0 radical (unpaired) electrons. The van der Waals surface area contributed by atoms with E-state index in [0.717, 1.165) is 37.1 Å². The number of piperidine rings is 1. The number of thiophene rings is 1. The highest BCUT2D eigenvalue weighted by Crippen LogP contribution is 2.27. The number of nitrogens with one attached hydrogen (secondary N) is 2. The summed E-state index contributed by atoms with van der Waals surface area (Å²) in [5, 5.41) is 6.43. The summed E-state index contributed by atoms with van der Waals surface area (Å²) in [6, 6.07) is 3.82. The van der Waals surface area contributed by atoms with Crippen LogP contribution in [0.3, 0.4) is 0 Å². The Labute approximate surface area is 147 Å². The predicted octanol–water partition coefficient (Wildman–Crippen LogP) is 1.33. The normalized spacial score (nSPS) is 25.7. The molecule has 3 heterocycles. The standard InChI is InChI=1S/C16H25N3O3S2/c1-12-14(5-4-8-17-12)18-15(20)11-13-6-7-16(23-13)24(21,22)19-9-2-3-10-19/h6-7,12,14,17H,2-5,8-11H2,1H3,(H,18,20). The fourth-order valence-corrected chi connectivity index (χ4v) is 6.33. The zero-order valence-corrected chi connectivity index (χ0v) is 15.6. The first-order valence-electron chi connectivity index (χ1n) is 8.58. The average molecular weight is 372 g/mol. The third-order valence-electron chi connectivity index (χ3n) is 4.74. The molecule has 134 valence electrons. The van der Waals surface area contributed by atoms with Gasteiger partial charge in [-0.15, -0.1) is 11.3 Å². The van der Waals surface area contributed by atoms with E-state index >= 15 is 0 Å². The molecule has 2 aliphatic heterocycles. The predicted molar refractivity (Wildman–Crippen MR) is 94.6 cm³/mol. The van der Waals surface area contributed by atoms with E-state index in [9.17, 15) is 13.2 Å². The second-order valence-electron chi connectivity index (χ2n) is 6.57. The van der Waals surface area contributed by atoms with Gasteiger partial charge in [0, 0.05) is 30.1 Å². The van der Waals surface area contributed by atoms with Crippen LogP contribution in [0, 0.1) is 0 Å². The Kier molecular flexibility index (Phi) is 5.59. The maximum atomic E-state index is 12.5. The summed E-state index contributed by atoms with van der Waals surface area (Å²) < 4.78 is 26.9. The van der Waals surface area contributed by atoms with Crippen molar-refractivity contribution in [1.29, 1.82) is 0 Å². The van der Waals surface area contributed by atoms with Crippen LogP contribution in [-0.2, 0) is 21.2 Å². The van der Waals surface area contributed by atoms with Crippen molar-refractivity contribution in [2.45, 2.75) is 55.3 Å². The highest BCUT2D eigenvalue weighted by atomic mass is 32.2. The molecule has 1 aromatic heterocycles. The van der Waals surface area contributed by atoms with Crippen molar-refractivity contribution in [3.8, 4) is 0 Å². The summed E-state index contributed by atoms with van der Waals surface area (Å²) in [4.78, 5) is 13.0. The Morgan fingerprint density at radius 2 is 2.08 bits per heavy atom. The Morgan fingerprint density at radius 1 is 1.33 bits per heavy atom. The molecule has 0 saturated carbocycles. The number of hydrogen-bond donors (Lipinski definition) is 2. The third kappa shape index (κ3) is 3.99. The Bertz CT molecular complexity index is 680. The van der Waals surface area contributed by atoms with Crippen LogP contribution in [0.15, 0.2) is 16.3 Å². The average Bonchev–Trinajstić information content (AvgIpc) is 3.21. The fourth-order valence-electron chi connectivity index (χ4n) is 3.30. The van der Waals surface area contributed by atoms with E-state index in [0.29, 0.717) is 17.3 Å². The first-order valence-corrected chi connectivity index (χ1v) is 10.8. The van der Waals surface area contributed by atoms with Gasteiger partial charge < -0.3 is 10.6 Å². The van der Waals surface area contributed by atoms with Gasteiger partial charge in [-0.05, 0) is 51.3 Å². The van der Waals surface area contributed by atoms with Gasteiger partial charge in [0.25, 0.3) is 10.0 Å². The largest absolute Gasteiger partial charge is 0.352 e. The van der Waals surface area contributed by atoms with Crippen LogP contribution in [-0.4, -0.2) is 50.3 Å². The van der Waals surface area contributed by atoms with Gasteiger partial charge in [-0.25, -0.2) is 8.42 Å². The first-order chi connectivity index (χ1) is 11.5. The van der Waals surface area contributed by atoms with Crippen LogP contribution in [0.4, 0.5) is 0 Å². The Hall–Kier alpha value is -0.960. The van der Waals surface area contributed by atoms with Crippen LogP contribution < -0.4 is 10.6 Å². The number of carbonyl (C=O) groups excluding carboxylic acids is 1. The quantitative estimate of drug-likeness (QED) is 0.819. The minimum Gasteiger partial charge on any atom is -0.352 e. The van der Waals surface area contributed by atoms with E-state index in [1.807, 2.05) is 0 Å². The van der Waals surface area contributed by atoms with Gasteiger partial charge in [0.05, 0.1) is 6.42 Å². The maximum Gasteiger partial charge on any atom is 0.252 e. The van der Waals surface area contributed by atoms with Gasteiger partial charge in [0.15, 0.2) is 0 Å². The van der Waals surface area contributed by atoms with E-state index in [2.05, 4.69) is 17.6 Å². The van der Waals surface area contributed by atoms with Crippen LogP contribution in [0.5, 0.6) is 0 Å². The molecule has 3 rings (SSSR count). The highest BCUT2D eigenvalue weighted by Gasteiger charge is 2.29. The van der Waals surface area contributed by atoms with Gasteiger partial charge >= 0.3 is 0 Å². The molecule has 24 heavy (non-hydrogen) atoms. The zero-order valence-electron chi connectivity index (χ0n) is 14.0. The SMILES string of the molecule is CC1NCCCC1NC(=O)Cc1ccc(S(=O)(=O)N2CCCC2)s1. The molecule has 0 bridgehead atoms. The zero-order chi connectivity index (χ0) is 17.2. The summed E-state index contributed by atoms with van der Waals surface area (Å²) in [6.07, 6.45) is 4.13. The smallest absolute Gasteiger partial charge is 0.252 e. The number of nitrogens with zero attached hydrogens (tertiary/aromatic N) is 1. The summed E-state index contributed by atoms with van der Waals surface area (Å²) in [6.45, 7) is 4.28. The van der Waals surface area contributed by atoms with Gasteiger partial charge in [-0.2, -0.15) is 4.31 Å². The number of sulfonamides is 1. The second kappa shape index (κ2) is 7.51. The van der Waals surface area contributed by atoms with Crippen molar-refractivity contribution in [3.05, 3.63) is 17.0 Å². The summed E-state index contributed by atoms with van der Waals surface area (Å²) in [5.74, 6) is -0.0393. The molecular weight excluding hydrogens is 346 g/mol. The second-order valence-corrected chi connectivity index (χ2v) is 9.90. The van der Waals surface area contributed by atoms with Crippen molar-refractivity contribution in [1.82, 2.24) is 14.9 Å². The van der Waals surface area contributed by atoms with Gasteiger partial charge in [0.2, 0.25) is 5.91 Å². The monoisotopic (exact) mass is 371 g/mol. The number of amides is 1. The highest BCUT2D eigenvalue weighted by molar-refractivity contribution is 7.91. The summed E-state index contributed by atoms with van der Waals surface area (Å²) >= 11 is 1.21. The summed E-state index contributed by atoms with van der Waals surface area (Å²) in [5.41, 5.74) is 0. The van der Waals surface area contributed by atoms with Crippen molar-refractivity contribution in [2.75, 3.05) is 19.6 Å². The minimum atomic E-state index is -3.38.